The van der Waals surface area contributed by atoms with E-state index in [9.17, 15) is 89.4 Å². The van der Waals surface area contributed by atoms with Gasteiger partial charge >= 0.3 is 0 Å². The second-order valence-corrected chi connectivity index (χ2v) is 29.1. The Morgan fingerprint density at radius 2 is 0.679 bits per heavy atom. The minimum absolute atomic E-state index is 0.0202. The van der Waals surface area contributed by atoms with Gasteiger partial charge in [0.05, 0.1) is 96.3 Å². The molecule has 4 saturated heterocycles. The van der Waals surface area contributed by atoms with Gasteiger partial charge in [-0.05, 0) is 77.0 Å². The fraction of sp³-hybridized carbons (Fsp3) is 0.890. The predicted octanol–water partition coefficient (Wildman–Crippen LogP) is -5.70. The van der Waals surface area contributed by atoms with Crippen molar-refractivity contribution in [3.63, 3.8) is 0 Å². The van der Waals surface area contributed by atoms with E-state index in [0.717, 1.165) is 44.9 Å². The van der Waals surface area contributed by atoms with E-state index >= 15 is 0 Å². The minimum Gasteiger partial charge on any atom is -0.394 e. The summed E-state index contributed by atoms with van der Waals surface area (Å²) in [5.41, 5.74) is 16.4. The zero-order chi connectivity index (χ0) is 82.1. The van der Waals surface area contributed by atoms with E-state index < -0.39 is 123 Å². The molecule has 0 radical (unpaired) electrons. The van der Waals surface area contributed by atoms with E-state index in [4.69, 9.17) is 64.6 Å². The first-order valence-corrected chi connectivity index (χ1v) is 40.0. The summed E-state index contributed by atoms with van der Waals surface area (Å²) in [6, 6.07) is -3.22. The first-order valence-electron chi connectivity index (χ1n) is 40.0. The highest BCUT2D eigenvalue weighted by atomic mass is 16.7. The van der Waals surface area contributed by atoms with Crippen LogP contribution in [-0.2, 0) is 85.7 Å². The number of methoxy groups -OCH3 is 1. The highest BCUT2D eigenvalue weighted by molar-refractivity contribution is 5.79. The van der Waals surface area contributed by atoms with Crippen LogP contribution >= 0.6 is 0 Å². The third-order valence-electron chi connectivity index (χ3n) is 19.6. The first kappa shape index (κ1) is 99.2. The van der Waals surface area contributed by atoms with Gasteiger partial charge in [-0.2, -0.15) is 0 Å². The Morgan fingerprint density at radius 1 is 0.384 bits per heavy atom. The van der Waals surface area contributed by atoms with Crippen molar-refractivity contribution in [2.45, 2.75) is 277 Å². The van der Waals surface area contributed by atoms with Gasteiger partial charge in [0.15, 0.2) is 18.9 Å². The summed E-state index contributed by atoms with van der Waals surface area (Å²) in [5.74, 6) is -2.04. The van der Waals surface area contributed by atoms with E-state index in [-0.39, 0.29) is 197 Å². The Bertz CT molecular complexity index is 2420. The Morgan fingerprint density at radius 3 is 1.00 bits per heavy atom. The van der Waals surface area contributed by atoms with Gasteiger partial charge < -0.3 is 158 Å². The van der Waals surface area contributed by atoms with E-state index in [1.807, 2.05) is 0 Å². The van der Waals surface area contributed by atoms with E-state index in [1.54, 1.807) is 12.0 Å². The molecule has 0 aromatic rings. The number of rotatable bonds is 62. The van der Waals surface area contributed by atoms with Gasteiger partial charge in [-0.1, -0.05) is 38.5 Å². The Labute approximate surface area is 656 Å². The van der Waals surface area contributed by atoms with E-state index in [2.05, 4.69) is 37.2 Å². The Hall–Kier alpha value is -5.16. The summed E-state index contributed by atoms with van der Waals surface area (Å²) in [5, 5.41) is 119. The minimum atomic E-state index is -1.40. The molecule has 4 aliphatic heterocycles. The number of unbranched alkanes of at least 4 members (excludes halogenated alkanes) is 10. The van der Waals surface area contributed by atoms with Crippen LogP contribution in [0.4, 0.5) is 0 Å². The smallest absolute Gasteiger partial charge is 0.222 e. The fourth-order valence-corrected chi connectivity index (χ4v) is 12.9. The highest BCUT2D eigenvalue weighted by Crippen LogP contribution is 2.26. The lowest BCUT2D eigenvalue weighted by Crippen LogP contribution is -2.62. The zero-order valence-electron chi connectivity index (χ0n) is 65.3. The van der Waals surface area contributed by atoms with Crippen LogP contribution < -0.4 is 54.4 Å². The standard InChI is InChI=1S/C73H135N11O28/c1-103-44-48-39-49(88)40-84(48)60(96)23-9-7-5-3-2-4-6-8-22-59(95)83-73(45-104-36-24-56(92)80-30-16-27-77-53(89)19-10-13-33-107-70-61(74)67(100)64(97)50(41-85)110-70,46-105-37-25-57(93)81-31-17-28-78-54(90)20-11-14-34-108-71-62(75)68(101)65(98)51(42-86)111-71)47-106-38-26-58(94)82-32-18-29-79-55(91)21-12-15-35-109-72-63(76)69(102)66(99)52(43-87)112-72/h48-52,61-72,85-88,97-102H,2-47,74-76H2,1H3,(H,77,89)(H,78,90)(H,79,91)(H,80,92)(H,81,93)(H,82,94)(H,83,95)/t48-,49+,50?,51?,52?,61?,62?,63?,64?,65?,66?,67?,68?,69?,70?,71?,72?,73?/m0/s1. The van der Waals surface area contributed by atoms with Gasteiger partial charge in [0.2, 0.25) is 47.3 Å². The number of amides is 8. The van der Waals surface area contributed by atoms with Gasteiger partial charge in [0.25, 0.3) is 0 Å². The number of nitrogens with two attached hydrogens (primary N) is 3. The normalized spacial score (nSPS) is 26.4. The number of aliphatic hydroxyl groups is 10. The quantitative estimate of drug-likeness (QED) is 0.0252. The molecule has 0 aromatic carbocycles. The van der Waals surface area contributed by atoms with Crippen LogP contribution in [0.25, 0.3) is 0 Å². The molecule has 4 aliphatic rings. The van der Waals surface area contributed by atoms with Crippen molar-refractivity contribution in [3.8, 4) is 0 Å². The monoisotopic (exact) mass is 1610 g/mol. The van der Waals surface area contributed by atoms with Crippen LogP contribution in [0.15, 0.2) is 0 Å². The molecule has 4 rings (SSSR count). The predicted molar refractivity (Wildman–Crippen MR) is 400 cm³/mol. The molecule has 0 saturated carbocycles. The van der Waals surface area contributed by atoms with Gasteiger partial charge in [-0.3, -0.25) is 38.4 Å². The molecule has 39 heteroatoms. The van der Waals surface area contributed by atoms with Crippen molar-refractivity contribution < 1.29 is 137 Å². The second-order valence-electron chi connectivity index (χ2n) is 29.1. The molecule has 0 bridgehead atoms. The largest absolute Gasteiger partial charge is 0.394 e. The molecular weight excluding hydrogens is 1480 g/mol. The number of hydrogen-bond donors (Lipinski definition) is 20. The van der Waals surface area contributed by atoms with Crippen LogP contribution in [-0.4, -0.2) is 352 Å². The molecule has 650 valence electrons. The van der Waals surface area contributed by atoms with Crippen molar-refractivity contribution in [3.05, 3.63) is 0 Å². The number of carbonyl (C=O) groups is 8. The van der Waals surface area contributed by atoms with Gasteiger partial charge in [0, 0.05) is 124 Å². The summed E-state index contributed by atoms with van der Waals surface area (Å²) in [7, 11) is 1.58. The maximum Gasteiger partial charge on any atom is 0.222 e. The average Bonchev–Trinajstić information content (AvgIpc) is 1.18. The van der Waals surface area contributed by atoms with Crippen LogP contribution in [0.1, 0.15) is 167 Å². The molecule has 0 aromatic heterocycles. The Kier molecular flexibility index (Phi) is 51.2. The molecule has 0 aliphatic carbocycles. The third kappa shape index (κ3) is 39.2. The van der Waals surface area contributed by atoms with Crippen molar-refractivity contribution in [2.24, 2.45) is 17.2 Å². The highest BCUT2D eigenvalue weighted by Gasteiger charge is 2.46. The van der Waals surface area contributed by atoms with Gasteiger partial charge in [-0.25, -0.2) is 0 Å². The van der Waals surface area contributed by atoms with Gasteiger partial charge in [0.1, 0.15) is 60.5 Å². The number of nitrogens with zero attached hydrogens (tertiary/aromatic N) is 1. The zero-order valence-corrected chi connectivity index (χ0v) is 65.3. The fourth-order valence-electron chi connectivity index (χ4n) is 12.9. The first-order chi connectivity index (χ1) is 53.9. The molecule has 4 fully saturated rings. The summed E-state index contributed by atoms with van der Waals surface area (Å²) in [6.45, 7) is 0.0712. The summed E-state index contributed by atoms with van der Waals surface area (Å²) >= 11 is 0. The molecule has 23 N–H and O–H groups in total. The van der Waals surface area contributed by atoms with Crippen LogP contribution in [0, 0.1) is 0 Å². The van der Waals surface area contributed by atoms with E-state index in [1.165, 1.54) is 0 Å². The number of aliphatic hydroxyl groups excluding tert-OH is 10. The number of ether oxygens (including phenoxy) is 10. The second kappa shape index (κ2) is 57.8. The molecule has 17 atom stereocenters. The summed E-state index contributed by atoms with van der Waals surface area (Å²) in [4.78, 5) is 105. The summed E-state index contributed by atoms with van der Waals surface area (Å²) in [6.07, 6.45) is -3.12. The lowest BCUT2D eigenvalue weighted by molar-refractivity contribution is -0.265. The van der Waals surface area contributed by atoms with Crippen molar-refractivity contribution in [1.29, 1.82) is 0 Å². The van der Waals surface area contributed by atoms with Crippen molar-refractivity contribution in [1.82, 2.24) is 42.1 Å². The number of nitrogens with one attached hydrogen (secondary N) is 7. The molecular formula is C73H135N11O28. The molecule has 4 heterocycles. The Balaban J connectivity index is 1.27. The van der Waals surface area contributed by atoms with Crippen molar-refractivity contribution >= 4 is 47.3 Å². The SMILES string of the molecule is COC[C@@H]1C[C@@H](O)CN1C(=O)CCCCCCCCCCC(=O)NC(COCCC(=O)NCCCNC(=O)CCCCOC1OC(CO)C(O)C(O)C1N)(COCCC(=O)NCCCNC(=O)CCCCOC1OC(CO)C(O)C(O)C1N)COCCC(=O)NCCCNC(=O)CCCCOC1OC(CO)C(O)C(O)C1N. The maximum atomic E-state index is 14.0. The van der Waals surface area contributed by atoms with Crippen LogP contribution in [0.5, 0.6) is 0 Å². The average molecular weight is 1610 g/mol. The molecule has 0 spiro atoms. The number of likely N-dealkylation sites (tertiary alicyclic amines) is 1. The van der Waals surface area contributed by atoms with Crippen LogP contribution in [0.2, 0.25) is 0 Å². The maximum absolute atomic E-state index is 14.0. The lowest BCUT2D eigenvalue weighted by atomic mass is 9.98. The number of β-amino-alcohol motifs (C(OH)–C–C–N with tert-alkyl or cyclic N) is 1. The molecule has 39 nitrogen and oxygen atoms in total. The third-order valence-corrected chi connectivity index (χ3v) is 19.6. The van der Waals surface area contributed by atoms with Crippen molar-refractivity contribution in [2.75, 3.05) is 139 Å². The lowest BCUT2D eigenvalue weighted by Gasteiger charge is -2.40. The van der Waals surface area contributed by atoms with Gasteiger partial charge in [-0.15, -0.1) is 0 Å². The molecule has 112 heavy (non-hydrogen) atoms. The van der Waals surface area contributed by atoms with Crippen LogP contribution in [0.3, 0.4) is 0 Å². The van der Waals surface area contributed by atoms with E-state index in [0.29, 0.717) is 90.2 Å². The molecule has 8 amide bonds. The summed E-state index contributed by atoms with van der Waals surface area (Å²) < 4.78 is 56.8. The number of carbonyl (C=O) groups excluding carboxylic acids is 8. The molecule has 15 unspecified atom stereocenters. The number of hydrogen-bond acceptors (Lipinski definition) is 31. The topological polar surface area (TPSA) is 597 Å².